The zero-order valence-corrected chi connectivity index (χ0v) is 13.7. The van der Waals surface area contributed by atoms with Crippen molar-refractivity contribution in [2.45, 2.75) is 0 Å². The van der Waals surface area contributed by atoms with Gasteiger partial charge in [0.25, 0.3) is 0 Å². The molecule has 3 aromatic rings. The van der Waals surface area contributed by atoms with Crippen molar-refractivity contribution in [2.24, 2.45) is 0 Å². The van der Waals surface area contributed by atoms with Gasteiger partial charge in [-0.05, 0) is 23.1 Å². The minimum absolute atomic E-state index is 0.224. The first-order chi connectivity index (χ1) is 11.1. The quantitative estimate of drug-likeness (QED) is 0.780. The Morgan fingerprint density at radius 2 is 1.87 bits per heavy atom. The van der Waals surface area contributed by atoms with Gasteiger partial charge in [-0.25, -0.2) is 9.78 Å². The molecule has 0 radical (unpaired) electrons. The first kappa shape index (κ1) is 15.2. The summed E-state index contributed by atoms with van der Waals surface area (Å²) in [7, 11) is 3.61. The fourth-order valence-corrected chi connectivity index (χ4v) is 3.15. The molecule has 0 aliphatic heterocycles. The molecule has 4 nitrogen and oxygen atoms in total. The molecule has 5 heteroatoms. The highest BCUT2D eigenvalue weighted by atomic mass is 32.1. The molecule has 0 fully saturated rings. The molecule has 0 amide bonds. The number of anilines is 1. The Morgan fingerprint density at radius 1 is 1.13 bits per heavy atom. The third-order valence-electron chi connectivity index (χ3n) is 3.50. The first-order valence-electron chi connectivity index (χ1n) is 7.13. The van der Waals surface area contributed by atoms with E-state index in [0.717, 1.165) is 16.1 Å². The molecular weight excluding hydrogens is 308 g/mol. The van der Waals surface area contributed by atoms with E-state index in [4.69, 9.17) is 0 Å². The van der Waals surface area contributed by atoms with E-state index in [0.29, 0.717) is 11.4 Å². The van der Waals surface area contributed by atoms with Crippen LogP contribution in [0.2, 0.25) is 0 Å². The Morgan fingerprint density at radius 3 is 2.43 bits per heavy atom. The minimum atomic E-state index is -0.974. The summed E-state index contributed by atoms with van der Waals surface area (Å²) in [6.07, 6.45) is 0. The summed E-state index contributed by atoms with van der Waals surface area (Å²) in [5.74, 6) is -0.514. The molecule has 23 heavy (non-hydrogen) atoms. The van der Waals surface area contributed by atoms with Gasteiger partial charge in [-0.2, -0.15) is 0 Å². The summed E-state index contributed by atoms with van der Waals surface area (Å²) in [6, 6.07) is 15.4. The fourth-order valence-electron chi connectivity index (χ4n) is 2.46. The lowest BCUT2D eigenvalue weighted by atomic mass is 9.99. The minimum Gasteiger partial charge on any atom is -0.478 e. The number of thiophene rings is 1. The third-order valence-corrected chi connectivity index (χ3v) is 4.39. The van der Waals surface area contributed by atoms with Crippen molar-refractivity contribution in [3.8, 4) is 21.7 Å². The van der Waals surface area contributed by atoms with E-state index in [9.17, 15) is 9.90 Å². The maximum absolute atomic E-state index is 11.9. The van der Waals surface area contributed by atoms with Crippen LogP contribution in [0.3, 0.4) is 0 Å². The number of hydrogen-bond acceptors (Lipinski definition) is 4. The van der Waals surface area contributed by atoms with E-state index in [-0.39, 0.29) is 5.56 Å². The number of hydrogen-bond donors (Lipinski definition) is 1. The van der Waals surface area contributed by atoms with E-state index in [1.165, 1.54) is 0 Å². The van der Waals surface area contributed by atoms with E-state index in [2.05, 4.69) is 4.98 Å². The molecule has 0 aliphatic rings. The average Bonchev–Trinajstić information content (AvgIpc) is 3.08. The lowest BCUT2D eigenvalue weighted by molar-refractivity contribution is 0.0698. The Kier molecular flexibility index (Phi) is 4.12. The number of pyridine rings is 1. The lowest BCUT2D eigenvalue weighted by Gasteiger charge is -2.18. The second kappa shape index (κ2) is 6.22. The van der Waals surface area contributed by atoms with Crippen molar-refractivity contribution in [3.05, 3.63) is 59.5 Å². The van der Waals surface area contributed by atoms with E-state index in [1.807, 2.05) is 68.0 Å². The summed E-state index contributed by atoms with van der Waals surface area (Å²) < 4.78 is 0. The lowest BCUT2D eigenvalue weighted by Crippen LogP contribution is -2.17. The van der Waals surface area contributed by atoms with Gasteiger partial charge in [0, 0.05) is 19.7 Å². The van der Waals surface area contributed by atoms with Crippen LogP contribution >= 0.6 is 11.3 Å². The molecule has 2 heterocycles. The zero-order valence-electron chi connectivity index (χ0n) is 12.9. The smallest absolute Gasteiger partial charge is 0.340 e. The summed E-state index contributed by atoms with van der Waals surface area (Å²) in [4.78, 5) is 19.2. The van der Waals surface area contributed by atoms with Crippen LogP contribution < -0.4 is 4.90 Å². The van der Waals surface area contributed by atoms with Crippen LogP contribution in [0.1, 0.15) is 10.4 Å². The van der Waals surface area contributed by atoms with Gasteiger partial charge >= 0.3 is 5.97 Å². The van der Waals surface area contributed by atoms with Crippen molar-refractivity contribution in [1.82, 2.24) is 4.98 Å². The SMILES string of the molecule is CN(C)c1nc(-c2cccs2)cc(-c2ccccc2)c1C(=O)O. The molecule has 3 rings (SSSR count). The second-order valence-electron chi connectivity index (χ2n) is 5.30. The number of carbonyl (C=O) groups is 1. The molecule has 116 valence electrons. The molecular formula is C18H16N2O2S. The number of carboxylic acids is 1. The predicted octanol–water partition coefficient (Wildman–Crippen LogP) is 4.24. The molecule has 2 aromatic heterocycles. The van der Waals surface area contributed by atoms with Crippen LogP contribution in [0.5, 0.6) is 0 Å². The highest BCUT2D eigenvalue weighted by molar-refractivity contribution is 7.13. The average molecular weight is 324 g/mol. The van der Waals surface area contributed by atoms with Crippen molar-refractivity contribution < 1.29 is 9.90 Å². The van der Waals surface area contributed by atoms with Crippen LogP contribution in [0.4, 0.5) is 5.82 Å². The molecule has 0 aliphatic carbocycles. The van der Waals surface area contributed by atoms with Gasteiger partial charge < -0.3 is 10.0 Å². The monoisotopic (exact) mass is 324 g/mol. The topological polar surface area (TPSA) is 53.4 Å². The van der Waals surface area contributed by atoms with Gasteiger partial charge in [-0.15, -0.1) is 11.3 Å². The number of aromatic carboxylic acids is 1. The van der Waals surface area contributed by atoms with Gasteiger partial charge in [0.15, 0.2) is 0 Å². The van der Waals surface area contributed by atoms with Gasteiger partial charge in [-0.1, -0.05) is 36.4 Å². The molecule has 1 N–H and O–H groups in total. The highest BCUT2D eigenvalue weighted by Gasteiger charge is 2.22. The summed E-state index contributed by atoms with van der Waals surface area (Å²) in [5.41, 5.74) is 2.56. The molecule has 0 bridgehead atoms. The van der Waals surface area contributed by atoms with Crippen molar-refractivity contribution in [3.63, 3.8) is 0 Å². The number of rotatable bonds is 4. The standard InChI is InChI=1S/C18H16N2O2S/c1-20(2)17-16(18(21)22)13(12-7-4-3-5-8-12)11-14(19-17)15-9-6-10-23-15/h3-11H,1-2H3,(H,21,22). The predicted molar refractivity (Wildman–Crippen MR) is 94.3 cm³/mol. The van der Waals surface area contributed by atoms with Crippen molar-refractivity contribution in [2.75, 3.05) is 19.0 Å². The summed E-state index contributed by atoms with van der Waals surface area (Å²) in [5, 5.41) is 11.7. The first-order valence-corrected chi connectivity index (χ1v) is 8.01. The Bertz CT molecular complexity index is 828. The molecule has 0 spiro atoms. The van der Waals surface area contributed by atoms with Gasteiger partial charge in [0.2, 0.25) is 0 Å². The number of aromatic nitrogens is 1. The molecule has 0 saturated carbocycles. The van der Waals surface area contributed by atoms with Crippen molar-refractivity contribution >= 4 is 23.1 Å². The maximum atomic E-state index is 11.9. The van der Waals surface area contributed by atoms with Gasteiger partial charge in [-0.3, -0.25) is 0 Å². The molecule has 1 aromatic carbocycles. The van der Waals surface area contributed by atoms with Gasteiger partial charge in [0.1, 0.15) is 11.4 Å². The Balaban J connectivity index is 2.32. The van der Waals surface area contributed by atoms with E-state index in [1.54, 1.807) is 16.2 Å². The third kappa shape index (κ3) is 2.96. The maximum Gasteiger partial charge on any atom is 0.340 e. The van der Waals surface area contributed by atoms with Crippen LogP contribution in [-0.4, -0.2) is 30.2 Å². The number of benzene rings is 1. The Hall–Kier alpha value is -2.66. The van der Waals surface area contributed by atoms with E-state index >= 15 is 0 Å². The van der Waals surface area contributed by atoms with Crippen LogP contribution in [-0.2, 0) is 0 Å². The molecule has 0 atom stereocenters. The highest BCUT2D eigenvalue weighted by Crippen LogP contribution is 2.35. The van der Waals surface area contributed by atoms with Gasteiger partial charge in [0.05, 0.1) is 10.6 Å². The molecule has 0 saturated heterocycles. The zero-order chi connectivity index (χ0) is 16.4. The normalized spacial score (nSPS) is 10.5. The molecule has 0 unspecified atom stereocenters. The second-order valence-corrected chi connectivity index (χ2v) is 6.24. The summed E-state index contributed by atoms with van der Waals surface area (Å²) in [6.45, 7) is 0. The van der Waals surface area contributed by atoms with Crippen LogP contribution in [0.15, 0.2) is 53.9 Å². The number of carboxylic acid groups (broad SMARTS) is 1. The fraction of sp³-hybridized carbons (Fsp3) is 0.111. The Labute approximate surface area is 138 Å². The van der Waals surface area contributed by atoms with E-state index < -0.39 is 5.97 Å². The largest absolute Gasteiger partial charge is 0.478 e. The van der Waals surface area contributed by atoms with Crippen LogP contribution in [0.25, 0.3) is 21.7 Å². The summed E-state index contributed by atoms with van der Waals surface area (Å²) >= 11 is 1.59. The van der Waals surface area contributed by atoms with Crippen molar-refractivity contribution in [1.29, 1.82) is 0 Å². The van der Waals surface area contributed by atoms with Crippen LogP contribution in [0, 0.1) is 0 Å². The number of nitrogens with zero attached hydrogens (tertiary/aromatic N) is 2.